The van der Waals surface area contributed by atoms with Gasteiger partial charge in [-0.3, -0.25) is 0 Å². The second-order valence-corrected chi connectivity index (χ2v) is 13.9. The highest BCUT2D eigenvalue weighted by Gasteiger charge is 2.30. The molecule has 0 heterocycles. The maximum absolute atomic E-state index is 4.01. The van der Waals surface area contributed by atoms with Crippen molar-refractivity contribution in [3.05, 3.63) is 203 Å². The molecule has 7 aromatic carbocycles. The molecule has 7 aromatic rings. The van der Waals surface area contributed by atoms with Gasteiger partial charge >= 0.3 is 11.9 Å². The minimum atomic E-state index is 0.983. The van der Waals surface area contributed by atoms with E-state index < -0.39 is 0 Å². The van der Waals surface area contributed by atoms with Crippen molar-refractivity contribution in [2.45, 2.75) is 26.7 Å². The third kappa shape index (κ3) is 8.00. The molecule has 55 heavy (non-hydrogen) atoms. The maximum Gasteiger partial charge on any atom is 0.451 e. The molecule has 0 atom stereocenters. The third-order valence-corrected chi connectivity index (χ3v) is 10.4. The van der Waals surface area contributed by atoms with Gasteiger partial charge in [-0.2, -0.15) is 0 Å². The van der Waals surface area contributed by atoms with Gasteiger partial charge in [-0.05, 0) is 105 Å². The van der Waals surface area contributed by atoms with E-state index in [1.54, 1.807) is 7.05 Å². The highest BCUT2D eigenvalue weighted by atomic mass is 15.2. The fraction of sp³-hybridized carbons (Fsp3) is 0.135. The predicted octanol–water partition coefficient (Wildman–Crippen LogP) is 12.5. The Balaban J connectivity index is 1.25. The fourth-order valence-corrected chi connectivity index (χ4v) is 7.41. The monoisotopic (exact) mass is 714 g/mol. The lowest BCUT2D eigenvalue weighted by molar-refractivity contribution is -0.492. The summed E-state index contributed by atoms with van der Waals surface area (Å²) in [5.74, 6) is 1.13. The SMILES string of the molecule is CCC/C=C(c1ccc(-c2ccc(-c3ccc(-c4ccc(C#[N+]C)cc4)cc3)c3ccccc23)cc1)/[N+](C)=C(c1ccccc1)\[N+](C)=C(/C)c1ccccc1. The number of amidine groups is 1. The molecule has 7 rings (SSSR count). The smallest absolute Gasteiger partial charge is 0.142 e. The largest absolute Gasteiger partial charge is 0.451 e. The van der Waals surface area contributed by atoms with Crippen LogP contribution in [0.25, 0.3) is 54.7 Å². The van der Waals surface area contributed by atoms with Gasteiger partial charge in [-0.1, -0.05) is 140 Å². The number of hydrogen-bond donors (Lipinski definition) is 0. The molecular weight excluding hydrogens is 667 g/mol. The van der Waals surface area contributed by atoms with Gasteiger partial charge in [-0.25, -0.2) is 0 Å². The van der Waals surface area contributed by atoms with Crippen molar-refractivity contribution in [1.29, 1.82) is 0 Å². The minimum absolute atomic E-state index is 0.983. The van der Waals surface area contributed by atoms with Gasteiger partial charge in [0.15, 0.2) is 5.71 Å². The van der Waals surface area contributed by atoms with Gasteiger partial charge in [0.05, 0.1) is 0 Å². The van der Waals surface area contributed by atoms with Crippen LogP contribution in [0, 0.1) is 6.07 Å². The van der Waals surface area contributed by atoms with E-state index in [1.807, 2.05) is 0 Å². The zero-order valence-corrected chi connectivity index (χ0v) is 32.5. The maximum atomic E-state index is 4.01. The summed E-state index contributed by atoms with van der Waals surface area (Å²) in [5, 5.41) is 2.49. The van der Waals surface area contributed by atoms with E-state index in [1.165, 1.54) is 72.3 Å². The molecule has 0 saturated carbocycles. The summed E-state index contributed by atoms with van der Waals surface area (Å²) in [6.07, 6.45) is 4.44. The molecule has 0 radical (unpaired) electrons. The lowest BCUT2D eigenvalue weighted by atomic mass is 9.91. The van der Waals surface area contributed by atoms with Crippen LogP contribution in [0.3, 0.4) is 0 Å². The zero-order valence-electron chi connectivity index (χ0n) is 32.5. The number of hydrogen-bond acceptors (Lipinski definition) is 0. The molecule has 0 aromatic heterocycles. The summed E-state index contributed by atoms with van der Waals surface area (Å²) in [4.78, 5) is 4.01. The highest BCUT2D eigenvalue weighted by Crippen LogP contribution is 2.37. The van der Waals surface area contributed by atoms with Crippen LogP contribution in [0.1, 0.15) is 48.9 Å². The molecule has 3 nitrogen and oxygen atoms in total. The second-order valence-electron chi connectivity index (χ2n) is 13.9. The lowest BCUT2D eigenvalue weighted by Gasteiger charge is -2.13. The Bertz CT molecular complexity index is 2580. The van der Waals surface area contributed by atoms with Crippen molar-refractivity contribution in [2.24, 2.45) is 0 Å². The minimum Gasteiger partial charge on any atom is -0.142 e. The van der Waals surface area contributed by atoms with E-state index in [0.29, 0.717) is 0 Å². The van der Waals surface area contributed by atoms with Crippen LogP contribution in [0.2, 0.25) is 0 Å². The van der Waals surface area contributed by atoms with E-state index in [4.69, 9.17) is 0 Å². The van der Waals surface area contributed by atoms with Crippen molar-refractivity contribution in [2.75, 3.05) is 21.1 Å². The molecule has 268 valence electrons. The van der Waals surface area contributed by atoms with E-state index in [-0.39, 0.29) is 0 Å². The number of unbranched alkanes of at least 4 members (excludes halogenated alkanes) is 1. The lowest BCUT2D eigenvalue weighted by Crippen LogP contribution is -2.32. The Morgan fingerprint density at radius 1 is 0.527 bits per heavy atom. The van der Waals surface area contributed by atoms with E-state index in [9.17, 15) is 0 Å². The quantitative estimate of drug-likeness (QED) is 0.0801. The van der Waals surface area contributed by atoms with Crippen LogP contribution >= 0.6 is 0 Å². The van der Waals surface area contributed by atoms with Crippen molar-refractivity contribution in [3.63, 3.8) is 0 Å². The van der Waals surface area contributed by atoms with Crippen molar-refractivity contribution in [3.8, 4) is 39.4 Å². The molecule has 3 heteroatoms. The first-order chi connectivity index (χ1) is 27.0. The summed E-state index contributed by atoms with van der Waals surface area (Å²) >= 11 is 0. The number of allylic oxidation sites excluding steroid dienone is 1. The molecule has 0 aliphatic carbocycles. The molecule has 0 saturated heterocycles. The van der Waals surface area contributed by atoms with E-state index >= 15 is 0 Å². The number of benzene rings is 7. The van der Waals surface area contributed by atoms with Crippen LogP contribution in [-0.4, -0.2) is 41.8 Å². The van der Waals surface area contributed by atoms with Crippen molar-refractivity contribution in [1.82, 2.24) is 0 Å². The Kier molecular flexibility index (Phi) is 11.4. The molecule has 0 fully saturated rings. The first-order valence-electron chi connectivity index (χ1n) is 19.1. The van der Waals surface area contributed by atoms with E-state index in [0.717, 1.165) is 24.2 Å². The molecule has 0 bridgehead atoms. The molecule has 0 aliphatic heterocycles. The van der Waals surface area contributed by atoms with Crippen LogP contribution < -0.4 is 0 Å². The van der Waals surface area contributed by atoms with Gasteiger partial charge < -0.3 is 0 Å². The average molecular weight is 715 g/mol. The van der Waals surface area contributed by atoms with Crippen LogP contribution in [0.15, 0.2) is 176 Å². The molecule has 0 amide bonds. The average Bonchev–Trinajstić information content (AvgIpc) is 3.24. The molecule has 0 N–H and O–H groups in total. The van der Waals surface area contributed by atoms with Crippen molar-refractivity contribution < 1.29 is 9.15 Å². The molecule has 0 unspecified atom stereocenters. The zero-order chi connectivity index (χ0) is 38.1. The number of nitrogens with zero attached hydrogens (tertiary/aromatic N) is 3. The highest BCUT2D eigenvalue weighted by molar-refractivity contribution is 6.05. The third-order valence-electron chi connectivity index (χ3n) is 10.4. The molecule has 0 spiro atoms. The van der Waals surface area contributed by atoms with Crippen LogP contribution in [0.5, 0.6) is 0 Å². The van der Waals surface area contributed by atoms with Gasteiger partial charge in [0.25, 0.3) is 7.05 Å². The first-order valence-corrected chi connectivity index (χ1v) is 19.1. The summed E-state index contributed by atoms with van der Waals surface area (Å²) in [7, 11) is 6.11. The van der Waals surface area contributed by atoms with Crippen LogP contribution in [0.4, 0.5) is 0 Å². The Labute approximate surface area is 326 Å². The fourth-order valence-electron chi connectivity index (χ4n) is 7.41. The number of rotatable bonds is 9. The van der Waals surface area contributed by atoms with Crippen molar-refractivity contribution >= 4 is 28.0 Å². The van der Waals surface area contributed by atoms with Gasteiger partial charge in [0, 0.05) is 18.1 Å². The number of fused-ring (bicyclic) bond motifs is 1. The van der Waals surface area contributed by atoms with Gasteiger partial charge in [0.2, 0.25) is 5.70 Å². The van der Waals surface area contributed by atoms with E-state index in [2.05, 4.69) is 224 Å². The molecule has 0 aliphatic rings. The predicted molar refractivity (Wildman–Crippen MR) is 235 cm³/mol. The summed E-state index contributed by atoms with van der Waals surface area (Å²) in [6.45, 7) is 4.44. The summed E-state index contributed by atoms with van der Waals surface area (Å²) in [5.41, 5.74) is 14.1. The van der Waals surface area contributed by atoms with Gasteiger partial charge in [0.1, 0.15) is 25.2 Å². The topological polar surface area (TPSA) is 10.4 Å². The van der Waals surface area contributed by atoms with Crippen LogP contribution in [-0.2, 0) is 0 Å². The Morgan fingerprint density at radius 2 is 1.00 bits per heavy atom. The second kappa shape index (κ2) is 17.0. The normalized spacial score (nSPS) is 12.4. The van der Waals surface area contributed by atoms with Gasteiger partial charge in [-0.15, -0.1) is 9.15 Å². The Hall–Kier alpha value is -6.63. The Morgan fingerprint density at radius 3 is 1.53 bits per heavy atom. The standard InChI is InChI=1S/C52H48N3/c1-6-7-22-51(55(5)52(46-18-12-9-13-19-46)54(4)38(2)40-16-10-8-11-17-40)45-33-31-44(32-34-45)48-36-35-47(49-20-14-15-21-50(48)49)43-29-27-42(28-30-43)41-25-23-39(24-26-41)37-53-3/h8-36H,6-7H2,1-5H3/q+3/b51-22+,54-38+,55-52-. The summed E-state index contributed by atoms with van der Waals surface area (Å²) < 4.78 is 4.68. The summed E-state index contributed by atoms with van der Waals surface area (Å²) in [6, 6.07) is 64.1. The first kappa shape index (κ1) is 36.7. The molecular formula is C52H48N3+3.